The molecule has 1 N–H and O–H groups in total. The molecule has 1 saturated heterocycles. The summed E-state index contributed by atoms with van der Waals surface area (Å²) in [6.45, 7) is 3.87. The van der Waals surface area contributed by atoms with Crippen LogP contribution in [0, 0.1) is 10.7 Å². The lowest BCUT2D eigenvalue weighted by molar-refractivity contribution is 0.0513. The van der Waals surface area contributed by atoms with Crippen molar-refractivity contribution in [1.82, 2.24) is 19.7 Å². The second-order valence-electron chi connectivity index (χ2n) is 5.13. The Bertz CT molecular complexity index is 616. The number of aromatic amines is 1. The molecule has 0 aliphatic carbocycles. The number of rotatable bonds is 3. The first-order chi connectivity index (χ1) is 9.77. The van der Waals surface area contributed by atoms with E-state index in [-0.39, 0.29) is 0 Å². The molecule has 0 radical (unpaired) electrons. The predicted octanol–water partition coefficient (Wildman–Crippen LogP) is 2.99. The molecule has 6 heteroatoms. The van der Waals surface area contributed by atoms with Crippen LogP contribution in [0.4, 0.5) is 0 Å². The van der Waals surface area contributed by atoms with Crippen molar-refractivity contribution in [1.29, 1.82) is 0 Å². The van der Waals surface area contributed by atoms with Gasteiger partial charge in [0.05, 0.1) is 0 Å². The molecule has 3 rings (SSSR count). The van der Waals surface area contributed by atoms with Crippen LogP contribution in [0.2, 0.25) is 0 Å². The van der Waals surface area contributed by atoms with Crippen LogP contribution in [0.1, 0.15) is 25.8 Å². The molecule has 0 aromatic carbocycles. The average molecular weight is 290 g/mol. The molecule has 1 fully saturated rings. The van der Waals surface area contributed by atoms with Gasteiger partial charge in [-0.05, 0) is 50.0 Å². The van der Waals surface area contributed by atoms with Crippen molar-refractivity contribution in [3.05, 3.63) is 29.2 Å². The zero-order chi connectivity index (χ0) is 13.9. The van der Waals surface area contributed by atoms with Crippen LogP contribution in [-0.4, -0.2) is 33.0 Å². The van der Waals surface area contributed by atoms with Crippen molar-refractivity contribution in [3.8, 4) is 11.5 Å². The van der Waals surface area contributed by atoms with Crippen molar-refractivity contribution < 1.29 is 4.74 Å². The number of hydrogen-bond donors (Lipinski definition) is 1. The fraction of sp³-hybridized carbons (Fsp3) is 0.500. The van der Waals surface area contributed by atoms with Crippen LogP contribution in [0.25, 0.3) is 11.5 Å². The molecule has 106 valence electrons. The number of hydrogen-bond acceptors (Lipinski definition) is 4. The summed E-state index contributed by atoms with van der Waals surface area (Å²) in [4.78, 5) is 4.38. The minimum Gasteiger partial charge on any atom is -0.381 e. The third-order valence-corrected chi connectivity index (χ3v) is 4.24. The minimum atomic E-state index is 0.294. The maximum absolute atomic E-state index is 5.44. The van der Waals surface area contributed by atoms with Crippen molar-refractivity contribution >= 4 is 12.2 Å². The molecule has 0 amide bonds. The topological polar surface area (TPSA) is 55.7 Å². The fourth-order valence-corrected chi connectivity index (χ4v) is 3.07. The second kappa shape index (κ2) is 5.85. The molecule has 2 aromatic rings. The minimum absolute atomic E-state index is 0.294. The molecule has 5 nitrogen and oxygen atoms in total. The van der Waals surface area contributed by atoms with E-state index >= 15 is 0 Å². The van der Waals surface area contributed by atoms with Crippen molar-refractivity contribution in [3.63, 3.8) is 0 Å². The lowest BCUT2D eigenvalue weighted by atomic mass is 9.92. The van der Waals surface area contributed by atoms with Gasteiger partial charge in [-0.2, -0.15) is 5.10 Å². The number of pyridine rings is 1. The van der Waals surface area contributed by atoms with Crippen LogP contribution in [0.15, 0.2) is 24.4 Å². The maximum Gasteiger partial charge on any atom is 0.195 e. The SMILES string of the molecule is CC(C1CCOCC1)n1c(-c2ccccn2)n[nH]c1=S. The van der Waals surface area contributed by atoms with Gasteiger partial charge < -0.3 is 4.74 Å². The normalized spacial score (nSPS) is 18.1. The highest BCUT2D eigenvalue weighted by molar-refractivity contribution is 7.71. The standard InChI is InChI=1S/C14H18N4OS/c1-10(11-5-8-19-9-6-11)18-13(16-17-14(18)20)12-4-2-3-7-15-12/h2-4,7,10-11H,5-6,8-9H2,1H3,(H,17,20). The molecule has 3 heterocycles. The van der Waals surface area contributed by atoms with Crippen molar-refractivity contribution in [2.75, 3.05) is 13.2 Å². The van der Waals surface area contributed by atoms with E-state index in [2.05, 4.69) is 26.7 Å². The Balaban J connectivity index is 1.96. The highest BCUT2D eigenvalue weighted by Gasteiger charge is 2.25. The van der Waals surface area contributed by atoms with Crippen molar-refractivity contribution in [2.24, 2.45) is 5.92 Å². The van der Waals surface area contributed by atoms with Gasteiger partial charge in [-0.3, -0.25) is 14.6 Å². The van der Waals surface area contributed by atoms with Gasteiger partial charge in [0.2, 0.25) is 0 Å². The number of aromatic nitrogens is 4. The maximum atomic E-state index is 5.44. The Morgan fingerprint density at radius 3 is 2.90 bits per heavy atom. The van der Waals surface area contributed by atoms with Crippen LogP contribution in [0.3, 0.4) is 0 Å². The molecule has 1 aliphatic rings. The second-order valence-corrected chi connectivity index (χ2v) is 5.51. The fourth-order valence-electron chi connectivity index (χ4n) is 2.77. The first kappa shape index (κ1) is 13.5. The molecule has 1 aliphatic heterocycles. The van der Waals surface area contributed by atoms with Crippen LogP contribution < -0.4 is 0 Å². The largest absolute Gasteiger partial charge is 0.381 e. The van der Waals surface area contributed by atoms with Crippen LogP contribution in [-0.2, 0) is 4.74 Å². The van der Waals surface area contributed by atoms with E-state index in [1.165, 1.54) is 0 Å². The predicted molar refractivity (Wildman–Crippen MR) is 78.9 cm³/mol. The smallest absolute Gasteiger partial charge is 0.195 e. The lowest BCUT2D eigenvalue weighted by Gasteiger charge is -2.29. The van der Waals surface area contributed by atoms with Crippen molar-refractivity contribution in [2.45, 2.75) is 25.8 Å². The van der Waals surface area contributed by atoms with E-state index in [1.54, 1.807) is 6.20 Å². The number of nitrogens with zero attached hydrogens (tertiary/aromatic N) is 3. The summed E-state index contributed by atoms with van der Waals surface area (Å²) < 4.78 is 8.19. The van der Waals surface area contributed by atoms with E-state index in [1.807, 2.05) is 18.2 Å². The molecular formula is C14H18N4OS. The molecule has 2 aromatic heterocycles. The number of nitrogens with one attached hydrogen (secondary N) is 1. The molecule has 1 atom stereocenters. The summed E-state index contributed by atoms with van der Waals surface area (Å²) in [6.07, 6.45) is 3.90. The summed E-state index contributed by atoms with van der Waals surface area (Å²) in [6, 6.07) is 6.11. The van der Waals surface area contributed by atoms with Gasteiger partial charge in [0.25, 0.3) is 0 Å². The molecule has 20 heavy (non-hydrogen) atoms. The third kappa shape index (κ3) is 2.53. The zero-order valence-corrected chi connectivity index (χ0v) is 12.3. The average Bonchev–Trinajstić information content (AvgIpc) is 2.90. The molecule has 1 unspecified atom stereocenters. The number of H-pyrrole nitrogens is 1. The summed E-state index contributed by atoms with van der Waals surface area (Å²) in [7, 11) is 0. The highest BCUT2D eigenvalue weighted by atomic mass is 32.1. The van der Waals surface area contributed by atoms with Gasteiger partial charge in [-0.25, -0.2) is 0 Å². The van der Waals surface area contributed by atoms with Gasteiger partial charge in [-0.15, -0.1) is 0 Å². The Kier molecular flexibility index (Phi) is 3.93. The first-order valence-electron chi connectivity index (χ1n) is 6.93. The highest BCUT2D eigenvalue weighted by Crippen LogP contribution is 2.30. The Labute approximate surface area is 123 Å². The van der Waals surface area contributed by atoms with Crippen LogP contribution >= 0.6 is 12.2 Å². The molecule has 0 saturated carbocycles. The third-order valence-electron chi connectivity index (χ3n) is 3.95. The van der Waals surface area contributed by atoms with Gasteiger partial charge in [0, 0.05) is 25.5 Å². The quantitative estimate of drug-likeness (QED) is 0.883. The Morgan fingerprint density at radius 2 is 2.20 bits per heavy atom. The Hall–Kier alpha value is -1.53. The molecular weight excluding hydrogens is 272 g/mol. The van der Waals surface area contributed by atoms with E-state index in [9.17, 15) is 0 Å². The summed E-state index contributed by atoms with van der Waals surface area (Å²) in [5.74, 6) is 1.38. The van der Waals surface area contributed by atoms with Gasteiger partial charge in [-0.1, -0.05) is 6.07 Å². The van der Waals surface area contributed by atoms with E-state index in [0.717, 1.165) is 37.6 Å². The summed E-state index contributed by atoms with van der Waals surface area (Å²) in [5.41, 5.74) is 0.846. The van der Waals surface area contributed by atoms with Gasteiger partial charge >= 0.3 is 0 Å². The van der Waals surface area contributed by atoms with Crippen LogP contribution in [0.5, 0.6) is 0 Å². The molecule has 0 spiro atoms. The lowest BCUT2D eigenvalue weighted by Crippen LogP contribution is -2.24. The monoisotopic (exact) mass is 290 g/mol. The molecule has 0 bridgehead atoms. The zero-order valence-electron chi connectivity index (χ0n) is 11.5. The number of ether oxygens (including phenoxy) is 1. The summed E-state index contributed by atoms with van der Waals surface area (Å²) >= 11 is 5.40. The van der Waals surface area contributed by atoms with Gasteiger partial charge in [0.1, 0.15) is 5.69 Å². The van der Waals surface area contributed by atoms with Gasteiger partial charge in [0.15, 0.2) is 10.6 Å². The van der Waals surface area contributed by atoms with E-state index in [0.29, 0.717) is 16.7 Å². The summed E-state index contributed by atoms with van der Waals surface area (Å²) in [5, 5.41) is 7.25. The first-order valence-corrected chi connectivity index (χ1v) is 7.34. The Morgan fingerprint density at radius 1 is 1.40 bits per heavy atom. The van der Waals surface area contributed by atoms with E-state index < -0.39 is 0 Å². The van der Waals surface area contributed by atoms with E-state index in [4.69, 9.17) is 17.0 Å².